The fourth-order valence-corrected chi connectivity index (χ4v) is 3.70. The highest BCUT2D eigenvalue weighted by atomic mass is 32.2. The van der Waals surface area contributed by atoms with Crippen LogP contribution in [0.2, 0.25) is 0 Å². The summed E-state index contributed by atoms with van der Waals surface area (Å²) < 4.78 is 5.39. The van der Waals surface area contributed by atoms with Gasteiger partial charge >= 0.3 is 5.97 Å². The molecule has 1 atom stereocenters. The Kier molecular flexibility index (Phi) is 7.62. The highest BCUT2D eigenvalue weighted by molar-refractivity contribution is 8.00. The third-order valence-corrected chi connectivity index (χ3v) is 5.40. The molecular weight excluding hydrogens is 426 g/mol. The molecule has 3 aromatic rings. The summed E-state index contributed by atoms with van der Waals surface area (Å²) in [7, 11) is 0. The molecule has 160 valence electrons. The number of nitrogens with zero attached hydrogens (tertiary/aromatic N) is 1. The predicted molar refractivity (Wildman–Crippen MR) is 121 cm³/mol. The smallest absolute Gasteiger partial charge is 0.340 e. The van der Waals surface area contributed by atoms with E-state index < -0.39 is 18.0 Å². The molecule has 0 spiro atoms. The van der Waals surface area contributed by atoms with Gasteiger partial charge in [0.25, 0.3) is 5.91 Å². The van der Waals surface area contributed by atoms with Gasteiger partial charge < -0.3 is 15.8 Å². The van der Waals surface area contributed by atoms with E-state index in [0.717, 1.165) is 11.8 Å². The zero-order valence-electron chi connectivity index (χ0n) is 16.9. The van der Waals surface area contributed by atoms with Crippen molar-refractivity contribution in [3.8, 4) is 6.07 Å². The average Bonchev–Trinajstić information content (AvgIpc) is 2.81. The molecule has 0 aliphatic heterocycles. The van der Waals surface area contributed by atoms with Crippen LogP contribution >= 0.6 is 11.8 Å². The van der Waals surface area contributed by atoms with Crippen LogP contribution in [-0.4, -0.2) is 23.5 Å². The van der Waals surface area contributed by atoms with Crippen LogP contribution in [0.25, 0.3) is 0 Å². The molecule has 1 unspecified atom stereocenters. The summed E-state index contributed by atoms with van der Waals surface area (Å²) in [4.78, 5) is 37.5. The SMILES string of the molecule is N#Cc1cccc(NC(=O)CSc2ccccc2C(=O)OC(C(N)=O)c2ccccc2)c1. The Morgan fingerprint density at radius 3 is 2.44 bits per heavy atom. The average molecular weight is 446 g/mol. The summed E-state index contributed by atoms with van der Waals surface area (Å²) >= 11 is 1.15. The van der Waals surface area contributed by atoms with E-state index in [1.807, 2.05) is 6.07 Å². The number of amides is 2. The fourth-order valence-electron chi connectivity index (χ4n) is 2.86. The van der Waals surface area contributed by atoms with Crippen molar-refractivity contribution < 1.29 is 19.1 Å². The van der Waals surface area contributed by atoms with E-state index >= 15 is 0 Å². The molecule has 2 amide bonds. The van der Waals surface area contributed by atoms with Crippen molar-refractivity contribution in [2.45, 2.75) is 11.0 Å². The van der Waals surface area contributed by atoms with Gasteiger partial charge in [0.1, 0.15) is 0 Å². The Labute approximate surface area is 189 Å². The lowest BCUT2D eigenvalue weighted by Gasteiger charge is -2.16. The van der Waals surface area contributed by atoms with Crippen LogP contribution in [0.15, 0.2) is 83.8 Å². The zero-order chi connectivity index (χ0) is 22.9. The number of hydrogen-bond donors (Lipinski definition) is 2. The Balaban J connectivity index is 1.68. The minimum Gasteiger partial charge on any atom is -0.444 e. The van der Waals surface area contributed by atoms with Gasteiger partial charge in [-0.2, -0.15) is 5.26 Å². The van der Waals surface area contributed by atoms with Gasteiger partial charge in [0.2, 0.25) is 12.0 Å². The standard InChI is InChI=1S/C24H19N3O4S/c25-14-16-7-6-10-18(13-16)27-21(28)15-32-20-12-5-4-11-19(20)24(30)31-22(23(26)29)17-8-2-1-3-9-17/h1-13,22H,15H2,(H2,26,29)(H,27,28). The predicted octanol–water partition coefficient (Wildman–Crippen LogP) is 3.67. The second-order valence-electron chi connectivity index (χ2n) is 6.62. The number of carbonyl (C=O) groups excluding carboxylic acids is 3. The first-order valence-electron chi connectivity index (χ1n) is 9.55. The molecule has 7 nitrogen and oxygen atoms in total. The van der Waals surface area contributed by atoms with Crippen molar-refractivity contribution in [3.05, 3.63) is 95.6 Å². The third-order valence-electron chi connectivity index (χ3n) is 4.33. The monoisotopic (exact) mass is 445 g/mol. The second-order valence-corrected chi connectivity index (χ2v) is 7.64. The number of esters is 1. The molecule has 32 heavy (non-hydrogen) atoms. The van der Waals surface area contributed by atoms with Gasteiger partial charge in [-0.25, -0.2) is 4.79 Å². The summed E-state index contributed by atoms with van der Waals surface area (Å²) in [6.45, 7) is 0. The quantitative estimate of drug-likeness (QED) is 0.403. The molecule has 0 aliphatic carbocycles. The molecule has 0 bridgehead atoms. The first kappa shape index (κ1) is 22.6. The molecule has 0 saturated carbocycles. The van der Waals surface area contributed by atoms with Gasteiger partial charge in [-0.3, -0.25) is 9.59 Å². The molecule has 0 saturated heterocycles. The maximum Gasteiger partial charge on any atom is 0.340 e. The van der Waals surface area contributed by atoms with E-state index in [-0.39, 0.29) is 17.2 Å². The van der Waals surface area contributed by atoms with Gasteiger partial charge in [-0.1, -0.05) is 48.5 Å². The van der Waals surface area contributed by atoms with Crippen molar-refractivity contribution in [1.29, 1.82) is 5.26 Å². The van der Waals surface area contributed by atoms with Gasteiger partial charge in [-0.15, -0.1) is 11.8 Å². The number of nitrogens with one attached hydrogen (secondary N) is 1. The van der Waals surface area contributed by atoms with Gasteiger partial charge in [-0.05, 0) is 30.3 Å². The molecule has 0 aliphatic rings. The van der Waals surface area contributed by atoms with Crippen molar-refractivity contribution in [1.82, 2.24) is 0 Å². The normalized spacial score (nSPS) is 11.1. The minimum absolute atomic E-state index is 0.0268. The lowest BCUT2D eigenvalue weighted by Crippen LogP contribution is -2.26. The van der Waals surface area contributed by atoms with Crippen molar-refractivity contribution in [2.75, 3.05) is 11.1 Å². The Bertz CT molecular complexity index is 1180. The van der Waals surface area contributed by atoms with Crippen molar-refractivity contribution in [2.24, 2.45) is 5.73 Å². The van der Waals surface area contributed by atoms with Crippen molar-refractivity contribution in [3.63, 3.8) is 0 Å². The number of primary amides is 1. The van der Waals surface area contributed by atoms with E-state index in [9.17, 15) is 14.4 Å². The van der Waals surface area contributed by atoms with Gasteiger partial charge in [0.05, 0.1) is 22.9 Å². The largest absolute Gasteiger partial charge is 0.444 e. The van der Waals surface area contributed by atoms with E-state index in [0.29, 0.717) is 21.7 Å². The highest BCUT2D eigenvalue weighted by Crippen LogP contribution is 2.26. The fraction of sp³-hybridized carbons (Fsp3) is 0.0833. The number of nitrogens with two attached hydrogens (primary N) is 1. The summed E-state index contributed by atoms with van der Waals surface area (Å²) in [5.74, 6) is -1.77. The number of thioether (sulfide) groups is 1. The number of hydrogen-bond acceptors (Lipinski definition) is 6. The Morgan fingerprint density at radius 1 is 1.00 bits per heavy atom. The number of anilines is 1. The summed E-state index contributed by atoms with van der Waals surface area (Å²) in [5, 5.41) is 11.7. The van der Waals surface area contributed by atoms with Gasteiger partial charge in [0, 0.05) is 16.1 Å². The molecule has 3 N–H and O–H groups in total. The van der Waals surface area contributed by atoms with Crippen molar-refractivity contribution >= 4 is 35.2 Å². The summed E-state index contributed by atoms with van der Waals surface area (Å²) in [6.07, 6.45) is -1.22. The Hall–Kier alpha value is -4.09. The van der Waals surface area contributed by atoms with E-state index in [2.05, 4.69) is 5.32 Å². The van der Waals surface area contributed by atoms with Crippen LogP contribution in [0.4, 0.5) is 5.69 Å². The van der Waals surface area contributed by atoms with Crippen LogP contribution in [0.5, 0.6) is 0 Å². The third kappa shape index (κ3) is 5.97. The Morgan fingerprint density at radius 2 is 1.72 bits per heavy atom. The van der Waals surface area contributed by atoms with Crippen LogP contribution in [0.1, 0.15) is 27.6 Å². The van der Waals surface area contributed by atoms with Crippen LogP contribution in [0.3, 0.4) is 0 Å². The molecule has 8 heteroatoms. The van der Waals surface area contributed by atoms with Crippen LogP contribution in [-0.2, 0) is 14.3 Å². The number of carbonyl (C=O) groups is 3. The first-order valence-corrected chi connectivity index (χ1v) is 10.5. The topological polar surface area (TPSA) is 122 Å². The summed E-state index contributed by atoms with van der Waals surface area (Å²) in [6, 6.07) is 23.7. The van der Waals surface area contributed by atoms with E-state index in [4.69, 9.17) is 15.7 Å². The lowest BCUT2D eigenvalue weighted by molar-refractivity contribution is -0.127. The number of nitriles is 1. The molecule has 0 heterocycles. The van der Waals surface area contributed by atoms with Crippen LogP contribution in [0, 0.1) is 11.3 Å². The number of benzene rings is 3. The first-order chi connectivity index (χ1) is 15.5. The molecule has 0 radical (unpaired) electrons. The molecule has 3 aromatic carbocycles. The van der Waals surface area contributed by atoms with E-state index in [1.54, 1.807) is 78.9 Å². The second kappa shape index (κ2) is 10.8. The minimum atomic E-state index is -1.22. The number of rotatable bonds is 8. The van der Waals surface area contributed by atoms with E-state index in [1.165, 1.54) is 0 Å². The molecule has 0 aromatic heterocycles. The highest BCUT2D eigenvalue weighted by Gasteiger charge is 2.24. The maximum atomic E-state index is 12.8. The maximum absolute atomic E-state index is 12.8. The summed E-state index contributed by atoms with van der Waals surface area (Å²) in [5.41, 5.74) is 7.07. The number of ether oxygens (including phenoxy) is 1. The molecule has 3 rings (SSSR count). The van der Waals surface area contributed by atoms with Crippen LogP contribution < -0.4 is 11.1 Å². The lowest BCUT2D eigenvalue weighted by atomic mass is 10.1. The van der Waals surface area contributed by atoms with Gasteiger partial charge in [0.15, 0.2) is 0 Å². The zero-order valence-corrected chi connectivity index (χ0v) is 17.7. The molecule has 0 fully saturated rings. The molecular formula is C24H19N3O4S.